The van der Waals surface area contributed by atoms with E-state index in [1.54, 1.807) is 0 Å². The summed E-state index contributed by atoms with van der Waals surface area (Å²) in [6, 6.07) is 59.2. The first kappa shape index (κ1) is 24.6. The molecule has 1 aliphatic rings. The van der Waals surface area contributed by atoms with Crippen molar-refractivity contribution in [2.45, 2.75) is 5.41 Å². The zero-order chi connectivity index (χ0) is 29.5. The summed E-state index contributed by atoms with van der Waals surface area (Å²) in [5.41, 5.74) is 9.82. The van der Waals surface area contributed by atoms with Crippen LogP contribution in [-0.4, -0.2) is 4.57 Å². The molecule has 0 saturated carbocycles. The van der Waals surface area contributed by atoms with Gasteiger partial charge in [-0.2, -0.15) is 0 Å². The van der Waals surface area contributed by atoms with E-state index in [0.29, 0.717) is 0 Å². The van der Waals surface area contributed by atoms with Crippen molar-refractivity contribution < 1.29 is 4.42 Å². The number of furan rings is 1. The summed E-state index contributed by atoms with van der Waals surface area (Å²) in [6.45, 7) is 0. The van der Waals surface area contributed by atoms with Crippen LogP contribution in [0.15, 0.2) is 168 Å². The predicted octanol–water partition coefficient (Wildman–Crippen LogP) is 11.0. The standard InChI is InChI=1S/C43H27NO/c1-3-15-30(16-4-1)43(31-17-5-2-6-18-31)37-21-11-9-20-35(37)39-36-26-25-34-33-19-10-12-22-38(33)44(40(34)41(36)45-42(39)43)32-24-23-28-13-7-8-14-29(28)27-32/h1-27H. The summed E-state index contributed by atoms with van der Waals surface area (Å²) in [5.74, 6) is 0.985. The number of benzene rings is 7. The highest BCUT2D eigenvalue weighted by Crippen LogP contribution is 2.59. The predicted molar refractivity (Wildman–Crippen MR) is 185 cm³/mol. The quantitative estimate of drug-likeness (QED) is 0.206. The van der Waals surface area contributed by atoms with Crippen molar-refractivity contribution >= 4 is 43.5 Å². The first-order chi connectivity index (χ1) is 22.3. The molecule has 0 amide bonds. The molecule has 0 unspecified atom stereocenters. The SMILES string of the molecule is c1ccc(C2(c3ccccc3)c3ccccc3-c3c2oc2c3ccc3c4ccccc4n(-c4ccc5ccccc5c4)c32)cc1. The summed E-state index contributed by atoms with van der Waals surface area (Å²) in [4.78, 5) is 0. The van der Waals surface area contributed by atoms with Gasteiger partial charge in [-0.25, -0.2) is 0 Å². The molecule has 9 aromatic rings. The lowest BCUT2D eigenvalue weighted by molar-refractivity contribution is 0.503. The molecule has 2 heterocycles. The lowest BCUT2D eigenvalue weighted by Gasteiger charge is -2.31. The topological polar surface area (TPSA) is 18.1 Å². The number of aromatic nitrogens is 1. The Balaban J connectivity index is 1.39. The van der Waals surface area contributed by atoms with Gasteiger partial charge in [0.2, 0.25) is 0 Å². The van der Waals surface area contributed by atoms with Crippen molar-refractivity contribution in [1.29, 1.82) is 0 Å². The van der Waals surface area contributed by atoms with E-state index in [0.717, 1.165) is 27.9 Å². The van der Waals surface area contributed by atoms with E-state index in [1.165, 1.54) is 54.9 Å². The third-order valence-corrected chi connectivity index (χ3v) is 9.84. The molecular formula is C43H27NO. The molecule has 2 heteroatoms. The van der Waals surface area contributed by atoms with Gasteiger partial charge < -0.3 is 8.98 Å². The molecule has 45 heavy (non-hydrogen) atoms. The van der Waals surface area contributed by atoms with Gasteiger partial charge in [0.05, 0.1) is 11.0 Å². The van der Waals surface area contributed by atoms with Gasteiger partial charge in [-0.3, -0.25) is 0 Å². The van der Waals surface area contributed by atoms with Gasteiger partial charge in [-0.1, -0.05) is 140 Å². The van der Waals surface area contributed by atoms with Crippen LogP contribution < -0.4 is 0 Å². The van der Waals surface area contributed by atoms with E-state index in [4.69, 9.17) is 4.42 Å². The lowest BCUT2D eigenvalue weighted by Crippen LogP contribution is -2.28. The summed E-state index contributed by atoms with van der Waals surface area (Å²) in [5, 5.41) is 6.00. The van der Waals surface area contributed by atoms with E-state index in [-0.39, 0.29) is 0 Å². The molecular weight excluding hydrogens is 546 g/mol. The van der Waals surface area contributed by atoms with Gasteiger partial charge in [-0.15, -0.1) is 0 Å². The normalized spacial score (nSPS) is 13.5. The lowest BCUT2D eigenvalue weighted by atomic mass is 9.70. The van der Waals surface area contributed by atoms with Crippen molar-refractivity contribution in [3.8, 4) is 16.8 Å². The molecule has 10 rings (SSSR count). The minimum Gasteiger partial charge on any atom is -0.456 e. The van der Waals surface area contributed by atoms with Gasteiger partial charge in [0.25, 0.3) is 0 Å². The van der Waals surface area contributed by atoms with E-state index >= 15 is 0 Å². The highest BCUT2D eigenvalue weighted by Gasteiger charge is 2.50. The third-order valence-electron chi connectivity index (χ3n) is 9.84. The monoisotopic (exact) mass is 573 g/mol. The van der Waals surface area contributed by atoms with E-state index < -0.39 is 5.41 Å². The second-order valence-corrected chi connectivity index (χ2v) is 12.1. The maximum Gasteiger partial charge on any atom is 0.159 e. The van der Waals surface area contributed by atoms with Crippen molar-refractivity contribution in [3.63, 3.8) is 0 Å². The van der Waals surface area contributed by atoms with Gasteiger partial charge in [0.1, 0.15) is 11.2 Å². The van der Waals surface area contributed by atoms with Crippen LogP contribution in [0.5, 0.6) is 0 Å². The second-order valence-electron chi connectivity index (χ2n) is 12.1. The van der Waals surface area contributed by atoms with Crippen LogP contribution >= 0.6 is 0 Å². The molecule has 0 bridgehead atoms. The molecule has 0 saturated heterocycles. The fourth-order valence-corrected chi connectivity index (χ4v) is 7.98. The average molecular weight is 574 g/mol. The van der Waals surface area contributed by atoms with Crippen LogP contribution in [0.1, 0.15) is 22.5 Å². The van der Waals surface area contributed by atoms with Gasteiger partial charge in [0, 0.05) is 27.4 Å². The number of nitrogens with zero attached hydrogens (tertiary/aromatic N) is 1. The number of hydrogen-bond acceptors (Lipinski definition) is 1. The number of para-hydroxylation sites is 1. The largest absolute Gasteiger partial charge is 0.456 e. The molecule has 0 N–H and O–H groups in total. The summed E-state index contributed by atoms with van der Waals surface area (Å²) < 4.78 is 9.79. The summed E-state index contributed by atoms with van der Waals surface area (Å²) >= 11 is 0. The van der Waals surface area contributed by atoms with E-state index in [1.807, 2.05) is 0 Å². The zero-order valence-corrected chi connectivity index (χ0v) is 24.4. The molecule has 7 aromatic carbocycles. The van der Waals surface area contributed by atoms with Crippen LogP contribution in [0.2, 0.25) is 0 Å². The van der Waals surface area contributed by atoms with Crippen molar-refractivity contribution in [3.05, 3.63) is 186 Å². The first-order valence-electron chi connectivity index (χ1n) is 15.5. The minimum atomic E-state index is -0.584. The summed E-state index contributed by atoms with van der Waals surface area (Å²) in [6.07, 6.45) is 0. The Morgan fingerprint density at radius 1 is 0.489 bits per heavy atom. The molecule has 0 atom stereocenters. The summed E-state index contributed by atoms with van der Waals surface area (Å²) in [7, 11) is 0. The van der Waals surface area contributed by atoms with Crippen molar-refractivity contribution in [2.24, 2.45) is 0 Å². The minimum absolute atomic E-state index is 0.584. The molecule has 0 fully saturated rings. The van der Waals surface area contributed by atoms with Crippen LogP contribution in [0, 0.1) is 0 Å². The fraction of sp³-hybridized carbons (Fsp3) is 0.0233. The number of rotatable bonds is 3. The van der Waals surface area contributed by atoms with Crippen LogP contribution in [-0.2, 0) is 5.41 Å². The van der Waals surface area contributed by atoms with Crippen molar-refractivity contribution in [2.75, 3.05) is 0 Å². The Morgan fingerprint density at radius 3 is 1.93 bits per heavy atom. The van der Waals surface area contributed by atoms with E-state index in [2.05, 4.69) is 168 Å². The molecule has 1 aliphatic carbocycles. The van der Waals surface area contributed by atoms with Crippen LogP contribution in [0.3, 0.4) is 0 Å². The van der Waals surface area contributed by atoms with E-state index in [9.17, 15) is 0 Å². The van der Waals surface area contributed by atoms with Gasteiger partial charge in [0.15, 0.2) is 5.58 Å². The maximum absolute atomic E-state index is 7.39. The molecule has 0 spiro atoms. The average Bonchev–Trinajstić information content (AvgIpc) is 3.75. The second kappa shape index (κ2) is 9.07. The number of fused-ring (bicyclic) bond motifs is 10. The number of hydrogen-bond donors (Lipinski definition) is 0. The molecule has 2 aromatic heterocycles. The zero-order valence-electron chi connectivity index (χ0n) is 24.4. The Morgan fingerprint density at radius 2 is 1.13 bits per heavy atom. The fourth-order valence-electron chi connectivity index (χ4n) is 7.98. The Hall–Kier alpha value is -5.86. The maximum atomic E-state index is 7.39. The van der Waals surface area contributed by atoms with Crippen LogP contribution in [0.25, 0.3) is 60.4 Å². The van der Waals surface area contributed by atoms with Gasteiger partial charge >= 0.3 is 0 Å². The Kier molecular flexibility index (Phi) is 4.95. The molecule has 0 radical (unpaired) electrons. The van der Waals surface area contributed by atoms with Gasteiger partial charge in [-0.05, 0) is 57.3 Å². The molecule has 210 valence electrons. The third kappa shape index (κ3) is 3.18. The highest BCUT2D eigenvalue weighted by atomic mass is 16.3. The van der Waals surface area contributed by atoms with Crippen molar-refractivity contribution in [1.82, 2.24) is 4.57 Å². The smallest absolute Gasteiger partial charge is 0.159 e. The Bertz CT molecular complexity index is 2550. The first-order valence-corrected chi connectivity index (χ1v) is 15.5. The molecule has 2 nitrogen and oxygen atoms in total. The molecule has 0 aliphatic heterocycles. The highest BCUT2D eigenvalue weighted by molar-refractivity contribution is 6.20. The van der Waals surface area contributed by atoms with Crippen LogP contribution in [0.4, 0.5) is 0 Å². The Labute approximate surface area is 260 Å².